The van der Waals surface area contributed by atoms with Crippen LogP contribution >= 0.6 is 24.0 Å². The van der Waals surface area contributed by atoms with E-state index in [2.05, 4.69) is 17.9 Å². The Morgan fingerprint density at radius 3 is 2.93 bits per heavy atom. The fourth-order valence-electron chi connectivity index (χ4n) is 1.60. The highest BCUT2D eigenvalue weighted by Crippen LogP contribution is 2.26. The molecule has 0 saturated carbocycles. The molecule has 14 heavy (non-hydrogen) atoms. The maximum atomic E-state index is 9.55. The average molecular weight is 303 g/mol. The number of halogens is 1. The van der Waals surface area contributed by atoms with Gasteiger partial charge >= 0.3 is 0 Å². The molecule has 1 aliphatic heterocycles. The van der Waals surface area contributed by atoms with Gasteiger partial charge in [-0.2, -0.15) is 0 Å². The van der Waals surface area contributed by atoms with Crippen LogP contribution in [0.2, 0.25) is 0 Å². The fraction of sp³-hybridized carbons (Fsp3) is 0.273. The molecular weight excluding hydrogens is 289 g/mol. The molecule has 1 heterocycles. The summed E-state index contributed by atoms with van der Waals surface area (Å²) < 4.78 is 0. The van der Waals surface area contributed by atoms with Gasteiger partial charge in [0.25, 0.3) is 0 Å². The van der Waals surface area contributed by atoms with Crippen molar-refractivity contribution in [1.82, 2.24) is 4.90 Å². The van der Waals surface area contributed by atoms with Crippen LogP contribution in [0.25, 0.3) is 6.08 Å². The Bertz CT molecular complexity index is 349. The summed E-state index contributed by atoms with van der Waals surface area (Å²) in [7, 11) is 0. The number of hydrogen-bond acceptors (Lipinski definition) is 2. The molecule has 1 aromatic carbocycles. The molecule has 0 spiro atoms. The van der Waals surface area contributed by atoms with Crippen LogP contribution in [-0.4, -0.2) is 16.6 Å². The Morgan fingerprint density at radius 2 is 2.21 bits per heavy atom. The van der Waals surface area contributed by atoms with E-state index in [1.165, 1.54) is 5.56 Å². The SMILES string of the molecule is CCN1C=Cc2c(O)cccc2C1.I. The number of phenols is 1. The summed E-state index contributed by atoms with van der Waals surface area (Å²) in [5, 5.41) is 9.55. The van der Waals surface area contributed by atoms with E-state index >= 15 is 0 Å². The first-order valence-corrected chi connectivity index (χ1v) is 4.54. The molecule has 1 aliphatic rings. The molecule has 0 bridgehead atoms. The van der Waals surface area contributed by atoms with Crippen LogP contribution in [0.5, 0.6) is 5.75 Å². The molecule has 1 aromatic rings. The van der Waals surface area contributed by atoms with Gasteiger partial charge in [-0.15, -0.1) is 24.0 Å². The lowest BCUT2D eigenvalue weighted by molar-refractivity contribution is 0.384. The van der Waals surface area contributed by atoms with Crippen LogP contribution in [0.1, 0.15) is 18.1 Å². The predicted molar refractivity (Wildman–Crippen MR) is 68.6 cm³/mol. The smallest absolute Gasteiger partial charge is 0.123 e. The highest BCUT2D eigenvalue weighted by atomic mass is 127. The Labute approximate surface area is 101 Å². The quantitative estimate of drug-likeness (QED) is 0.807. The maximum Gasteiger partial charge on any atom is 0.123 e. The number of aromatic hydroxyl groups is 1. The third-order valence-corrected chi connectivity index (χ3v) is 2.41. The van der Waals surface area contributed by atoms with Crippen molar-refractivity contribution in [3.05, 3.63) is 35.5 Å². The van der Waals surface area contributed by atoms with Gasteiger partial charge in [0.15, 0.2) is 0 Å². The molecule has 76 valence electrons. The number of benzene rings is 1. The summed E-state index contributed by atoms with van der Waals surface area (Å²) in [5.41, 5.74) is 2.16. The van der Waals surface area contributed by atoms with Crippen LogP contribution in [-0.2, 0) is 6.54 Å². The number of rotatable bonds is 1. The molecule has 0 radical (unpaired) electrons. The first-order valence-electron chi connectivity index (χ1n) is 4.54. The lowest BCUT2D eigenvalue weighted by atomic mass is 10.0. The number of hydrogen-bond donors (Lipinski definition) is 1. The summed E-state index contributed by atoms with van der Waals surface area (Å²) in [6.07, 6.45) is 4.00. The fourth-order valence-corrected chi connectivity index (χ4v) is 1.60. The minimum Gasteiger partial charge on any atom is -0.507 e. The minimum atomic E-state index is 0. The van der Waals surface area contributed by atoms with E-state index in [1.54, 1.807) is 6.07 Å². The third kappa shape index (κ3) is 2.03. The molecule has 0 aromatic heterocycles. The Hall–Kier alpha value is -0.710. The van der Waals surface area contributed by atoms with Crippen molar-refractivity contribution in [2.24, 2.45) is 0 Å². The molecule has 0 amide bonds. The summed E-state index contributed by atoms with van der Waals surface area (Å²) in [6, 6.07) is 5.67. The number of fused-ring (bicyclic) bond motifs is 1. The predicted octanol–water partition coefficient (Wildman–Crippen LogP) is 2.82. The maximum absolute atomic E-state index is 9.55. The Balaban J connectivity index is 0.000000980. The minimum absolute atomic E-state index is 0. The first kappa shape index (κ1) is 11.4. The van der Waals surface area contributed by atoms with Crippen molar-refractivity contribution in [3.8, 4) is 5.75 Å². The summed E-state index contributed by atoms with van der Waals surface area (Å²) in [4.78, 5) is 2.21. The second-order valence-corrected chi connectivity index (χ2v) is 3.23. The lowest BCUT2D eigenvalue weighted by Crippen LogP contribution is -2.19. The van der Waals surface area contributed by atoms with Gasteiger partial charge in [-0.1, -0.05) is 12.1 Å². The van der Waals surface area contributed by atoms with Gasteiger partial charge in [-0.3, -0.25) is 0 Å². The van der Waals surface area contributed by atoms with Crippen molar-refractivity contribution >= 4 is 30.1 Å². The Morgan fingerprint density at radius 1 is 1.43 bits per heavy atom. The van der Waals surface area contributed by atoms with Crippen LogP contribution < -0.4 is 0 Å². The van der Waals surface area contributed by atoms with Gasteiger partial charge in [0.1, 0.15) is 5.75 Å². The number of nitrogens with zero attached hydrogens (tertiary/aromatic N) is 1. The van der Waals surface area contributed by atoms with Gasteiger partial charge in [-0.25, -0.2) is 0 Å². The van der Waals surface area contributed by atoms with Gasteiger partial charge < -0.3 is 10.0 Å². The zero-order valence-electron chi connectivity index (χ0n) is 8.10. The highest BCUT2D eigenvalue weighted by molar-refractivity contribution is 14.0. The normalized spacial score (nSPS) is 13.4. The van der Waals surface area contributed by atoms with E-state index in [4.69, 9.17) is 0 Å². The molecule has 0 fully saturated rings. The van der Waals surface area contributed by atoms with E-state index in [0.717, 1.165) is 18.7 Å². The monoisotopic (exact) mass is 303 g/mol. The van der Waals surface area contributed by atoms with Crippen molar-refractivity contribution < 1.29 is 5.11 Å². The lowest BCUT2D eigenvalue weighted by Gasteiger charge is -2.23. The van der Waals surface area contributed by atoms with E-state index < -0.39 is 0 Å². The Kier molecular flexibility index (Phi) is 3.80. The summed E-state index contributed by atoms with van der Waals surface area (Å²) >= 11 is 0. The largest absolute Gasteiger partial charge is 0.507 e. The van der Waals surface area contributed by atoms with E-state index in [9.17, 15) is 5.11 Å². The molecule has 0 unspecified atom stereocenters. The van der Waals surface area contributed by atoms with Gasteiger partial charge in [0.2, 0.25) is 0 Å². The van der Waals surface area contributed by atoms with Crippen LogP contribution in [0, 0.1) is 0 Å². The van der Waals surface area contributed by atoms with Gasteiger partial charge in [0.05, 0.1) is 0 Å². The summed E-state index contributed by atoms with van der Waals surface area (Å²) in [5.74, 6) is 0.379. The first-order chi connectivity index (χ1) is 6.31. The molecule has 3 heteroatoms. The third-order valence-electron chi connectivity index (χ3n) is 2.41. The zero-order valence-corrected chi connectivity index (χ0v) is 10.4. The van der Waals surface area contributed by atoms with E-state index in [0.29, 0.717) is 5.75 Å². The second-order valence-electron chi connectivity index (χ2n) is 3.23. The van der Waals surface area contributed by atoms with E-state index in [1.807, 2.05) is 18.3 Å². The van der Waals surface area contributed by atoms with E-state index in [-0.39, 0.29) is 24.0 Å². The standard InChI is InChI=1S/C11H13NO.HI/c1-2-12-7-6-10-9(8-12)4-3-5-11(10)13;/h3-7,13H,2,8H2,1H3;1H. The number of phenolic OH excluding ortho intramolecular Hbond substituents is 1. The second kappa shape index (κ2) is 4.68. The van der Waals surface area contributed by atoms with Gasteiger partial charge in [-0.05, 0) is 24.6 Å². The average Bonchev–Trinajstić information content (AvgIpc) is 2.18. The molecule has 0 atom stereocenters. The van der Waals surface area contributed by atoms with Crippen LogP contribution in [0.3, 0.4) is 0 Å². The zero-order chi connectivity index (χ0) is 9.26. The summed E-state index contributed by atoms with van der Waals surface area (Å²) in [6.45, 7) is 4.03. The van der Waals surface area contributed by atoms with Crippen molar-refractivity contribution in [3.63, 3.8) is 0 Å². The van der Waals surface area contributed by atoms with Gasteiger partial charge in [0, 0.05) is 24.9 Å². The molecule has 0 aliphatic carbocycles. The molecular formula is C11H14INO. The van der Waals surface area contributed by atoms with Crippen LogP contribution in [0.4, 0.5) is 0 Å². The topological polar surface area (TPSA) is 23.5 Å². The highest BCUT2D eigenvalue weighted by Gasteiger charge is 2.11. The van der Waals surface area contributed by atoms with Crippen molar-refractivity contribution in [2.45, 2.75) is 13.5 Å². The molecule has 2 nitrogen and oxygen atoms in total. The van der Waals surface area contributed by atoms with Crippen molar-refractivity contribution in [2.75, 3.05) is 6.54 Å². The van der Waals surface area contributed by atoms with Crippen molar-refractivity contribution in [1.29, 1.82) is 0 Å². The molecule has 2 rings (SSSR count). The molecule has 0 saturated heterocycles. The van der Waals surface area contributed by atoms with Crippen LogP contribution in [0.15, 0.2) is 24.4 Å². The molecule has 1 N–H and O–H groups in total.